The summed E-state index contributed by atoms with van der Waals surface area (Å²) < 4.78 is 0. The fourth-order valence-corrected chi connectivity index (χ4v) is 3.37. The van der Waals surface area contributed by atoms with Gasteiger partial charge in [-0.15, -0.1) is 0 Å². The first-order chi connectivity index (χ1) is 10.1. The zero-order chi connectivity index (χ0) is 15.0. The van der Waals surface area contributed by atoms with Crippen molar-refractivity contribution in [3.05, 3.63) is 39.5 Å². The van der Waals surface area contributed by atoms with Gasteiger partial charge in [0.1, 0.15) is 0 Å². The van der Waals surface area contributed by atoms with Crippen molar-refractivity contribution in [3.63, 3.8) is 0 Å². The largest absolute Gasteiger partial charge is 0.481 e. The highest BCUT2D eigenvalue weighted by molar-refractivity contribution is 6.32. The zero-order valence-corrected chi connectivity index (χ0v) is 12.8. The van der Waals surface area contributed by atoms with Crippen molar-refractivity contribution >= 4 is 28.5 Å². The van der Waals surface area contributed by atoms with Crippen molar-refractivity contribution in [2.75, 3.05) is 0 Å². The number of hydrogen-bond donors (Lipinski definition) is 1. The Morgan fingerprint density at radius 1 is 1.33 bits per heavy atom. The quantitative estimate of drug-likeness (QED) is 0.929. The van der Waals surface area contributed by atoms with Gasteiger partial charge in [0.25, 0.3) is 0 Å². The number of nitrogens with zero attached hydrogens (tertiary/aromatic N) is 1. The fraction of sp³-hybridized carbons (Fsp3) is 0.412. The van der Waals surface area contributed by atoms with Crippen molar-refractivity contribution in [1.29, 1.82) is 0 Å². The van der Waals surface area contributed by atoms with E-state index < -0.39 is 5.97 Å². The molecule has 0 radical (unpaired) electrons. The number of benzene rings is 1. The molecule has 3 rings (SSSR count). The van der Waals surface area contributed by atoms with Crippen LogP contribution in [0.4, 0.5) is 0 Å². The Balaban J connectivity index is 2.24. The van der Waals surface area contributed by atoms with E-state index in [-0.39, 0.29) is 6.42 Å². The second-order valence-electron chi connectivity index (χ2n) is 5.69. The van der Waals surface area contributed by atoms with Crippen molar-refractivity contribution in [2.24, 2.45) is 0 Å². The minimum absolute atomic E-state index is 0.160. The number of carboxylic acid groups (broad SMARTS) is 1. The Hall–Kier alpha value is -1.61. The van der Waals surface area contributed by atoms with Gasteiger partial charge in [-0.3, -0.25) is 9.78 Å². The molecule has 4 heteroatoms. The van der Waals surface area contributed by atoms with Crippen LogP contribution in [0.25, 0.3) is 10.9 Å². The Morgan fingerprint density at radius 2 is 2.10 bits per heavy atom. The lowest BCUT2D eigenvalue weighted by Gasteiger charge is -2.21. The Kier molecular flexibility index (Phi) is 3.85. The molecule has 0 saturated carbocycles. The summed E-state index contributed by atoms with van der Waals surface area (Å²) in [7, 11) is 0. The van der Waals surface area contributed by atoms with Crippen molar-refractivity contribution in [3.8, 4) is 0 Å². The lowest BCUT2D eigenvalue weighted by atomic mass is 9.87. The number of pyridine rings is 1. The molecule has 0 amide bonds. The molecule has 3 nitrogen and oxygen atoms in total. The molecular weight excluding hydrogens is 286 g/mol. The third-order valence-electron chi connectivity index (χ3n) is 4.33. The first-order valence-corrected chi connectivity index (χ1v) is 7.77. The van der Waals surface area contributed by atoms with Crippen LogP contribution in [0.1, 0.15) is 41.6 Å². The van der Waals surface area contributed by atoms with Gasteiger partial charge in [-0.25, -0.2) is 0 Å². The number of carboxylic acids is 1. The molecule has 0 aliphatic heterocycles. The highest BCUT2D eigenvalue weighted by Gasteiger charge is 2.19. The van der Waals surface area contributed by atoms with Crippen molar-refractivity contribution in [2.45, 2.75) is 45.4 Å². The molecule has 0 saturated heterocycles. The van der Waals surface area contributed by atoms with E-state index in [1.165, 1.54) is 5.56 Å². The number of rotatable bonds is 3. The minimum Gasteiger partial charge on any atom is -0.481 e. The van der Waals surface area contributed by atoms with Crippen LogP contribution in [0, 0.1) is 6.92 Å². The molecule has 110 valence electrons. The summed E-state index contributed by atoms with van der Waals surface area (Å²) in [6.07, 6.45) is 5.04. The maximum atomic E-state index is 11.0. The van der Waals surface area contributed by atoms with Crippen LogP contribution in [-0.4, -0.2) is 16.1 Å². The zero-order valence-electron chi connectivity index (χ0n) is 12.1. The van der Waals surface area contributed by atoms with Crippen LogP contribution in [0.2, 0.25) is 5.02 Å². The van der Waals surface area contributed by atoms with Crippen LogP contribution >= 0.6 is 11.6 Å². The predicted octanol–water partition coefficient (Wildman–Crippen LogP) is 4.09. The Bertz CT molecular complexity index is 725. The third kappa shape index (κ3) is 2.62. The molecule has 0 bridgehead atoms. The average Bonchev–Trinajstić information content (AvgIpc) is 2.48. The first-order valence-electron chi connectivity index (χ1n) is 7.39. The number of hydrogen-bond acceptors (Lipinski definition) is 2. The molecule has 1 N–H and O–H groups in total. The van der Waals surface area contributed by atoms with Gasteiger partial charge < -0.3 is 5.11 Å². The number of halogens is 1. The molecule has 1 aliphatic rings. The molecular formula is C17H18ClNO2. The summed E-state index contributed by atoms with van der Waals surface area (Å²) in [5.41, 5.74) is 5.50. The summed E-state index contributed by atoms with van der Waals surface area (Å²) >= 11 is 6.22. The van der Waals surface area contributed by atoms with E-state index in [0.29, 0.717) is 6.42 Å². The molecule has 1 aromatic carbocycles. The molecule has 1 aromatic heterocycles. The van der Waals surface area contributed by atoms with E-state index in [4.69, 9.17) is 21.7 Å². The molecule has 0 atom stereocenters. The number of fused-ring (bicyclic) bond motifs is 2. The van der Waals surface area contributed by atoms with Gasteiger partial charge >= 0.3 is 5.97 Å². The summed E-state index contributed by atoms with van der Waals surface area (Å²) in [5.74, 6) is -0.754. The molecule has 0 fully saturated rings. The molecule has 21 heavy (non-hydrogen) atoms. The highest BCUT2D eigenvalue weighted by atomic mass is 35.5. The maximum absolute atomic E-state index is 11.0. The second kappa shape index (κ2) is 5.64. The van der Waals surface area contributed by atoms with Crippen LogP contribution < -0.4 is 0 Å². The van der Waals surface area contributed by atoms with Crippen LogP contribution in [0.15, 0.2) is 12.1 Å². The summed E-state index contributed by atoms with van der Waals surface area (Å²) in [6, 6.07) is 3.88. The van der Waals surface area contributed by atoms with Crippen molar-refractivity contribution in [1.82, 2.24) is 4.98 Å². The first kappa shape index (κ1) is 14.3. The maximum Gasteiger partial charge on any atom is 0.303 e. The predicted molar refractivity (Wildman–Crippen MR) is 84.1 cm³/mol. The van der Waals surface area contributed by atoms with Gasteiger partial charge in [-0.2, -0.15) is 0 Å². The summed E-state index contributed by atoms with van der Waals surface area (Å²) in [4.78, 5) is 15.8. The standard InChI is InChI=1S/C17H18ClNO2/c1-10-14(18)8-6-13-11(7-9-16(20)21)12-4-2-3-5-15(12)19-17(10)13/h6,8H,2-5,7,9H2,1H3,(H,20,21). The van der Waals surface area contributed by atoms with Crippen molar-refractivity contribution < 1.29 is 9.90 Å². The van der Waals surface area contributed by atoms with Crippen LogP contribution in [0.5, 0.6) is 0 Å². The Labute approximate surface area is 129 Å². The van der Waals surface area contributed by atoms with Crippen LogP contribution in [0.3, 0.4) is 0 Å². The summed E-state index contributed by atoms with van der Waals surface area (Å²) in [6.45, 7) is 1.98. The third-order valence-corrected chi connectivity index (χ3v) is 4.74. The minimum atomic E-state index is -0.754. The molecule has 1 heterocycles. The second-order valence-corrected chi connectivity index (χ2v) is 6.09. The smallest absolute Gasteiger partial charge is 0.303 e. The number of carbonyl (C=O) groups is 1. The van der Waals surface area contributed by atoms with Gasteiger partial charge in [0, 0.05) is 22.5 Å². The number of aromatic nitrogens is 1. The van der Waals surface area contributed by atoms with E-state index in [0.717, 1.165) is 58.4 Å². The molecule has 2 aromatic rings. The van der Waals surface area contributed by atoms with E-state index in [1.54, 1.807) is 0 Å². The highest BCUT2D eigenvalue weighted by Crippen LogP contribution is 2.33. The van der Waals surface area contributed by atoms with Crippen LogP contribution in [-0.2, 0) is 24.1 Å². The van der Waals surface area contributed by atoms with Gasteiger partial charge in [0.2, 0.25) is 0 Å². The topological polar surface area (TPSA) is 50.2 Å². The van der Waals surface area contributed by atoms with E-state index in [9.17, 15) is 4.79 Å². The lowest BCUT2D eigenvalue weighted by molar-refractivity contribution is -0.136. The summed E-state index contributed by atoms with van der Waals surface area (Å²) in [5, 5.41) is 10.8. The van der Waals surface area contributed by atoms with E-state index >= 15 is 0 Å². The van der Waals surface area contributed by atoms with Gasteiger partial charge in [0.15, 0.2) is 0 Å². The SMILES string of the molecule is Cc1c(Cl)ccc2c(CCC(=O)O)c3c(nc12)CCCC3. The number of aliphatic carboxylic acids is 1. The number of aryl methyl sites for hydroxylation is 3. The fourth-order valence-electron chi connectivity index (χ4n) is 3.22. The van der Waals surface area contributed by atoms with E-state index in [1.807, 2.05) is 19.1 Å². The monoisotopic (exact) mass is 303 g/mol. The van der Waals surface area contributed by atoms with E-state index in [2.05, 4.69) is 0 Å². The van der Waals surface area contributed by atoms with Gasteiger partial charge in [-0.05, 0) is 61.8 Å². The Morgan fingerprint density at radius 3 is 2.86 bits per heavy atom. The molecule has 0 spiro atoms. The lowest BCUT2D eigenvalue weighted by Crippen LogP contribution is -2.11. The van der Waals surface area contributed by atoms with Gasteiger partial charge in [0.05, 0.1) is 5.52 Å². The van der Waals surface area contributed by atoms with Gasteiger partial charge in [-0.1, -0.05) is 17.7 Å². The molecule has 0 unspecified atom stereocenters. The molecule has 1 aliphatic carbocycles. The normalized spacial score (nSPS) is 14.2. The average molecular weight is 304 g/mol.